The molecule has 0 spiro atoms. The Kier molecular flexibility index (Phi) is 3.22. The molecule has 0 radical (unpaired) electrons. The zero-order valence-corrected chi connectivity index (χ0v) is 9.05. The summed E-state index contributed by atoms with van der Waals surface area (Å²) in [6.45, 7) is 4.19. The minimum Gasteiger partial charge on any atom is -0.400 e. The predicted molar refractivity (Wildman–Crippen MR) is 54.7 cm³/mol. The molecule has 0 aliphatic rings. The van der Waals surface area contributed by atoms with Crippen molar-refractivity contribution in [2.24, 2.45) is 0 Å². The molecule has 1 rings (SSSR count). The maximum atomic E-state index is 12.8. The van der Waals surface area contributed by atoms with E-state index in [0.717, 1.165) is 11.6 Å². The summed E-state index contributed by atoms with van der Waals surface area (Å²) in [6.07, 6.45) is 0.253. The fraction of sp³-hybridized carbons (Fsp3) is 0.400. The highest BCUT2D eigenvalue weighted by Crippen LogP contribution is 2.12. The summed E-state index contributed by atoms with van der Waals surface area (Å²) in [5, 5.41) is 9.09. The third-order valence-corrected chi connectivity index (χ3v) is 4.22. The lowest BCUT2D eigenvalue weighted by Gasteiger charge is -2.18. The number of aliphatic hydroxyl groups excluding tert-OH is 1. The maximum Gasteiger partial charge on any atom is 0.123 e. The van der Waals surface area contributed by atoms with E-state index in [0.29, 0.717) is 0 Å². The Bertz CT molecular complexity index is 286. The van der Waals surface area contributed by atoms with Crippen molar-refractivity contribution in [3.63, 3.8) is 0 Å². The molecular formula is C10H15FOSi. The topological polar surface area (TPSA) is 20.2 Å². The normalized spacial score (nSPS) is 11.7. The Morgan fingerprint density at radius 1 is 1.38 bits per heavy atom. The molecule has 0 amide bonds. The van der Waals surface area contributed by atoms with Gasteiger partial charge in [-0.05, 0) is 23.7 Å². The number of hydrogen-bond acceptors (Lipinski definition) is 1. The van der Waals surface area contributed by atoms with Crippen LogP contribution in [0.1, 0.15) is 5.56 Å². The lowest BCUT2D eigenvalue weighted by molar-refractivity contribution is 0.357. The highest BCUT2D eigenvalue weighted by Gasteiger charge is 2.19. The molecule has 72 valence electrons. The summed E-state index contributed by atoms with van der Waals surface area (Å²) < 4.78 is 12.8. The van der Waals surface area contributed by atoms with Gasteiger partial charge in [-0.25, -0.2) is 4.39 Å². The van der Waals surface area contributed by atoms with Crippen molar-refractivity contribution in [3.05, 3.63) is 35.6 Å². The van der Waals surface area contributed by atoms with E-state index in [1.165, 1.54) is 6.07 Å². The Morgan fingerprint density at radius 3 is 2.62 bits per heavy atom. The summed E-state index contributed by atoms with van der Waals surface area (Å²) in [5.41, 5.74) is 0.991. The van der Waals surface area contributed by atoms with Crippen LogP contribution in [0, 0.1) is 5.82 Å². The van der Waals surface area contributed by atoms with Gasteiger partial charge in [0.2, 0.25) is 0 Å². The van der Waals surface area contributed by atoms with E-state index in [9.17, 15) is 4.39 Å². The van der Waals surface area contributed by atoms with Gasteiger partial charge in [-0.15, -0.1) is 0 Å². The Morgan fingerprint density at radius 2 is 2.08 bits per heavy atom. The number of halogens is 1. The van der Waals surface area contributed by atoms with Crippen molar-refractivity contribution < 1.29 is 9.50 Å². The lowest BCUT2D eigenvalue weighted by atomic mass is 10.2. The van der Waals surface area contributed by atoms with Crippen LogP contribution < -0.4 is 0 Å². The quantitative estimate of drug-likeness (QED) is 0.738. The van der Waals surface area contributed by atoms with Crippen molar-refractivity contribution in [1.29, 1.82) is 0 Å². The molecule has 0 fully saturated rings. The Hall–Kier alpha value is -0.673. The Labute approximate surface area is 79.2 Å². The monoisotopic (exact) mass is 198 g/mol. The number of benzene rings is 1. The van der Waals surface area contributed by atoms with Crippen LogP contribution in [-0.4, -0.2) is 19.4 Å². The first-order valence-electron chi connectivity index (χ1n) is 4.39. The van der Waals surface area contributed by atoms with Gasteiger partial charge in [0, 0.05) is 6.23 Å². The summed E-state index contributed by atoms with van der Waals surface area (Å²) in [6, 6.07) is 7.45. The zero-order valence-electron chi connectivity index (χ0n) is 8.05. The van der Waals surface area contributed by atoms with Gasteiger partial charge in [-0.1, -0.05) is 25.2 Å². The molecule has 0 saturated carbocycles. The largest absolute Gasteiger partial charge is 0.400 e. The molecular weight excluding hydrogens is 183 g/mol. The van der Waals surface area contributed by atoms with Gasteiger partial charge < -0.3 is 5.11 Å². The standard InChI is InChI=1S/C10H15FOSi/c1-13(2,8-12)7-9-4-3-5-10(11)6-9/h3-6,12H,7-8H2,1-2H3. The summed E-state index contributed by atoms with van der Waals surface area (Å²) in [4.78, 5) is 0. The van der Waals surface area contributed by atoms with Gasteiger partial charge in [0.05, 0.1) is 8.07 Å². The smallest absolute Gasteiger partial charge is 0.123 e. The molecule has 1 N–H and O–H groups in total. The van der Waals surface area contributed by atoms with Gasteiger partial charge in [0.15, 0.2) is 0 Å². The second kappa shape index (κ2) is 4.02. The third kappa shape index (κ3) is 3.28. The molecule has 13 heavy (non-hydrogen) atoms. The summed E-state index contributed by atoms with van der Waals surface area (Å²) >= 11 is 0. The molecule has 1 aromatic rings. The molecule has 0 bridgehead atoms. The first-order chi connectivity index (χ1) is 6.03. The second-order valence-electron chi connectivity index (χ2n) is 4.13. The summed E-state index contributed by atoms with van der Waals surface area (Å²) in [7, 11) is -1.55. The van der Waals surface area contributed by atoms with E-state index in [2.05, 4.69) is 13.1 Å². The fourth-order valence-corrected chi connectivity index (χ4v) is 2.69. The zero-order chi connectivity index (χ0) is 9.90. The van der Waals surface area contributed by atoms with Gasteiger partial charge in [-0.2, -0.15) is 0 Å². The molecule has 0 atom stereocenters. The van der Waals surface area contributed by atoms with Crippen molar-refractivity contribution in [3.8, 4) is 0 Å². The van der Waals surface area contributed by atoms with Crippen molar-refractivity contribution in [2.45, 2.75) is 19.1 Å². The molecule has 0 aliphatic carbocycles. The molecule has 0 unspecified atom stereocenters. The van der Waals surface area contributed by atoms with E-state index in [-0.39, 0.29) is 12.0 Å². The van der Waals surface area contributed by atoms with Crippen LogP contribution in [0.2, 0.25) is 13.1 Å². The number of rotatable bonds is 3. The molecule has 0 aromatic heterocycles. The molecule has 0 heterocycles. The van der Waals surface area contributed by atoms with E-state index < -0.39 is 8.07 Å². The molecule has 1 nitrogen and oxygen atoms in total. The van der Waals surface area contributed by atoms with E-state index in [4.69, 9.17) is 5.11 Å². The van der Waals surface area contributed by atoms with Gasteiger partial charge in [-0.3, -0.25) is 0 Å². The van der Waals surface area contributed by atoms with Gasteiger partial charge in [0.1, 0.15) is 5.82 Å². The number of hydrogen-bond donors (Lipinski definition) is 1. The predicted octanol–water partition coefficient (Wildman–Crippen LogP) is 2.15. The first kappa shape index (κ1) is 10.4. The minimum atomic E-state index is -1.55. The first-order valence-corrected chi connectivity index (χ1v) is 7.80. The maximum absolute atomic E-state index is 12.8. The van der Waals surface area contributed by atoms with Crippen LogP contribution in [0.4, 0.5) is 4.39 Å². The average molecular weight is 198 g/mol. The molecule has 0 saturated heterocycles. The van der Waals surface area contributed by atoms with Crippen LogP contribution in [0.5, 0.6) is 0 Å². The van der Waals surface area contributed by atoms with E-state index >= 15 is 0 Å². The van der Waals surface area contributed by atoms with Crippen LogP contribution in [0.25, 0.3) is 0 Å². The fourth-order valence-electron chi connectivity index (χ4n) is 1.26. The highest BCUT2D eigenvalue weighted by atomic mass is 28.3. The lowest BCUT2D eigenvalue weighted by Crippen LogP contribution is -2.34. The second-order valence-corrected chi connectivity index (χ2v) is 9.13. The van der Waals surface area contributed by atoms with E-state index in [1.54, 1.807) is 12.1 Å². The average Bonchev–Trinajstić information content (AvgIpc) is 2.03. The van der Waals surface area contributed by atoms with Crippen LogP contribution in [0.3, 0.4) is 0 Å². The Balaban J connectivity index is 2.74. The van der Waals surface area contributed by atoms with Crippen molar-refractivity contribution in [2.75, 3.05) is 6.23 Å². The van der Waals surface area contributed by atoms with Crippen LogP contribution in [0.15, 0.2) is 24.3 Å². The summed E-state index contributed by atoms with van der Waals surface area (Å²) in [5.74, 6) is -0.194. The molecule has 0 aliphatic heterocycles. The van der Waals surface area contributed by atoms with Crippen molar-refractivity contribution >= 4 is 8.07 Å². The van der Waals surface area contributed by atoms with Gasteiger partial charge in [0.25, 0.3) is 0 Å². The number of aliphatic hydroxyl groups is 1. The molecule has 3 heteroatoms. The van der Waals surface area contributed by atoms with Crippen molar-refractivity contribution in [1.82, 2.24) is 0 Å². The van der Waals surface area contributed by atoms with Crippen LogP contribution >= 0.6 is 0 Å². The van der Waals surface area contributed by atoms with Crippen LogP contribution in [-0.2, 0) is 6.04 Å². The third-order valence-electron chi connectivity index (χ3n) is 2.00. The molecule has 1 aromatic carbocycles. The van der Waals surface area contributed by atoms with E-state index in [1.807, 2.05) is 6.07 Å². The minimum absolute atomic E-state index is 0.194. The SMILES string of the molecule is C[Si](C)(CO)Cc1cccc(F)c1. The van der Waals surface area contributed by atoms with Gasteiger partial charge >= 0.3 is 0 Å². The highest BCUT2D eigenvalue weighted by molar-refractivity contribution is 6.76.